The molecule has 0 saturated carbocycles. The first-order valence-electron chi connectivity index (χ1n) is 4.83. The van der Waals surface area contributed by atoms with Crippen LogP contribution in [0.25, 0.3) is 0 Å². The number of benzene rings is 1. The van der Waals surface area contributed by atoms with Crippen LogP contribution in [0.15, 0.2) is 43.0 Å². The Morgan fingerprint density at radius 1 is 1.31 bits per heavy atom. The fourth-order valence-electron chi connectivity index (χ4n) is 1.38. The fraction of sp³-hybridized carbons (Fsp3) is 0.333. The molecular formula is C12H17Si. The summed E-state index contributed by atoms with van der Waals surface area (Å²) in [6, 6.07) is 12.2. The van der Waals surface area contributed by atoms with Crippen LogP contribution in [-0.2, 0) is 0 Å². The van der Waals surface area contributed by atoms with Crippen molar-refractivity contribution in [3.8, 4) is 0 Å². The molecule has 13 heavy (non-hydrogen) atoms. The Morgan fingerprint density at radius 2 is 2.00 bits per heavy atom. The predicted molar refractivity (Wildman–Crippen MR) is 61.9 cm³/mol. The number of hydrogen-bond donors (Lipinski definition) is 0. The molecule has 0 aliphatic heterocycles. The second kappa shape index (κ2) is 5.76. The molecule has 69 valence electrons. The van der Waals surface area contributed by atoms with Crippen LogP contribution in [-0.4, -0.2) is 8.80 Å². The average molecular weight is 189 g/mol. The second-order valence-corrected chi connectivity index (χ2v) is 5.97. The maximum Gasteiger partial charge on any atom is 0.0824 e. The molecule has 1 rings (SSSR count). The van der Waals surface area contributed by atoms with Gasteiger partial charge in [-0.15, -0.1) is 6.58 Å². The Labute approximate surface area is 82.9 Å². The molecule has 1 aromatic rings. The summed E-state index contributed by atoms with van der Waals surface area (Å²) in [5.41, 5.74) is 0. The van der Waals surface area contributed by atoms with Crippen LogP contribution in [0.3, 0.4) is 0 Å². The Balaban J connectivity index is 2.39. The van der Waals surface area contributed by atoms with Gasteiger partial charge in [0, 0.05) is 0 Å². The number of unbranched alkanes of at least 4 members (excludes halogenated alkanes) is 1. The summed E-state index contributed by atoms with van der Waals surface area (Å²) in [4.78, 5) is 0. The summed E-state index contributed by atoms with van der Waals surface area (Å²) in [6.45, 7) is 6.13. The molecule has 1 aromatic carbocycles. The third kappa shape index (κ3) is 3.60. The highest BCUT2D eigenvalue weighted by Crippen LogP contribution is 2.02. The highest BCUT2D eigenvalue weighted by molar-refractivity contribution is 6.71. The van der Waals surface area contributed by atoms with E-state index in [1.807, 2.05) is 6.08 Å². The summed E-state index contributed by atoms with van der Waals surface area (Å²) in [5.74, 6) is 0. The van der Waals surface area contributed by atoms with Crippen molar-refractivity contribution in [2.45, 2.75) is 25.4 Å². The molecule has 0 aromatic heterocycles. The van der Waals surface area contributed by atoms with E-state index in [2.05, 4.69) is 43.5 Å². The lowest BCUT2D eigenvalue weighted by Crippen LogP contribution is -2.25. The average Bonchev–Trinajstić information content (AvgIpc) is 2.19. The Morgan fingerprint density at radius 3 is 2.62 bits per heavy atom. The van der Waals surface area contributed by atoms with E-state index in [-0.39, 0.29) is 8.80 Å². The second-order valence-electron chi connectivity index (χ2n) is 3.33. The van der Waals surface area contributed by atoms with Crippen LogP contribution >= 0.6 is 0 Å². The van der Waals surface area contributed by atoms with Crippen LogP contribution in [0.4, 0.5) is 0 Å². The van der Waals surface area contributed by atoms with Gasteiger partial charge in [-0.05, 0) is 6.42 Å². The monoisotopic (exact) mass is 189 g/mol. The van der Waals surface area contributed by atoms with E-state index >= 15 is 0 Å². The lowest BCUT2D eigenvalue weighted by atomic mass is 10.3. The first-order valence-corrected chi connectivity index (χ1v) is 7.04. The minimum atomic E-state index is -0.287. The van der Waals surface area contributed by atoms with Crippen molar-refractivity contribution in [1.82, 2.24) is 0 Å². The van der Waals surface area contributed by atoms with Gasteiger partial charge in [0.1, 0.15) is 0 Å². The van der Waals surface area contributed by atoms with E-state index in [1.54, 1.807) is 5.19 Å². The van der Waals surface area contributed by atoms with E-state index < -0.39 is 0 Å². The van der Waals surface area contributed by atoms with Crippen molar-refractivity contribution in [3.05, 3.63) is 43.0 Å². The van der Waals surface area contributed by atoms with Crippen molar-refractivity contribution < 1.29 is 0 Å². The van der Waals surface area contributed by atoms with Crippen LogP contribution in [0, 0.1) is 0 Å². The first-order chi connectivity index (χ1) is 6.34. The number of allylic oxidation sites excluding steroid dienone is 1. The van der Waals surface area contributed by atoms with Crippen LogP contribution in [0.1, 0.15) is 12.8 Å². The Hall–Kier alpha value is -0.823. The van der Waals surface area contributed by atoms with Crippen LogP contribution < -0.4 is 5.19 Å². The fourth-order valence-corrected chi connectivity index (χ4v) is 3.16. The molecule has 0 heterocycles. The summed E-state index contributed by atoms with van der Waals surface area (Å²) in [6.07, 6.45) is 4.47. The van der Waals surface area contributed by atoms with E-state index in [4.69, 9.17) is 0 Å². The highest BCUT2D eigenvalue weighted by Gasteiger charge is 2.05. The number of hydrogen-bond acceptors (Lipinski definition) is 0. The SMILES string of the molecule is C=CCCC[Si](C)c1ccccc1. The minimum absolute atomic E-state index is 0.287. The third-order valence-electron chi connectivity index (χ3n) is 2.23. The van der Waals surface area contributed by atoms with Crippen molar-refractivity contribution in [2.24, 2.45) is 0 Å². The molecule has 0 fully saturated rings. The molecule has 1 heteroatoms. The smallest absolute Gasteiger partial charge is 0.0824 e. The molecule has 0 aliphatic carbocycles. The lowest BCUT2D eigenvalue weighted by Gasteiger charge is -2.08. The maximum absolute atomic E-state index is 3.74. The largest absolute Gasteiger partial charge is 0.103 e. The molecule has 0 saturated heterocycles. The molecule has 0 N–H and O–H groups in total. The van der Waals surface area contributed by atoms with Crippen molar-refractivity contribution in [3.63, 3.8) is 0 Å². The molecular weight excluding hydrogens is 172 g/mol. The zero-order valence-corrected chi connectivity index (χ0v) is 9.29. The van der Waals surface area contributed by atoms with Gasteiger partial charge in [0.15, 0.2) is 0 Å². The molecule has 0 unspecified atom stereocenters. The van der Waals surface area contributed by atoms with Crippen LogP contribution in [0.2, 0.25) is 12.6 Å². The van der Waals surface area contributed by atoms with Crippen LogP contribution in [0.5, 0.6) is 0 Å². The van der Waals surface area contributed by atoms with Gasteiger partial charge in [-0.2, -0.15) is 0 Å². The van der Waals surface area contributed by atoms with Gasteiger partial charge in [-0.25, -0.2) is 0 Å². The zero-order valence-electron chi connectivity index (χ0n) is 8.29. The van der Waals surface area contributed by atoms with Gasteiger partial charge in [0.25, 0.3) is 0 Å². The quantitative estimate of drug-likeness (QED) is 0.379. The van der Waals surface area contributed by atoms with E-state index in [1.165, 1.54) is 12.5 Å². The lowest BCUT2D eigenvalue weighted by molar-refractivity contribution is 0.948. The Kier molecular flexibility index (Phi) is 4.55. The third-order valence-corrected chi connectivity index (χ3v) is 4.65. The first kappa shape index (κ1) is 10.3. The van der Waals surface area contributed by atoms with Gasteiger partial charge in [0.05, 0.1) is 8.80 Å². The van der Waals surface area contributed by atoms with E-state index in [9.17, 15) is 0 Å². The van der Waals surface area contributed by atoms with Crippen molar-refractivity contribution in [2.75, 3.05) is 0 Å². The standard InChI is InChI=1S/C12H17Si/c1-3-4-8-11-13(2)12-9-6-5-7-10-12/h3,5-7,9-10H,1,4,8,11H2,2H3. The minimum Gasteiger partial charge on any atom is -0.103 e. The van der Waals surface area contributed by atoms with Crippen molar-refractivity contribution >= 4 is 14.0 Å². The van der Waals surface area contributed by atoms with Gasteiger partial charge in [0.2, 0.25) is 0 Å². The normalized spacial score (nSPS) is 10.3. The van der Waals surface area contributed by atoms with Gasteiger partial charge >= 0.3 is 0 Å². The predicted octanol–water partition coefficient (Wildman–Crippen LogP) is 2.98. The summed E-state index contributed by atoms with van der Waals surface area (Å²) >= 11 is 0. The van der Waals surface area contributed by atoms with Gasteiger partial charge < -0.3 is 0 Å². The van der Waals surface area contributed by atoms with E-state index in [0.717, 1.165) is 6.42 Å². The molecule has 0 amide bonds. The van der Waals surface area contributed by atoms with Gasteiger partial charge in [-0.3, -0.25) is 0 Å². The topological polar surface area (TPSA) is 0 Å². The Bertz CT molecular complexity index is 241. The zero-order chi connectivity index (χ0) is 9.52. The summed E-state index contributed by atoms with van der Waals surface area (Å²) in [7, 11) is -0.287. The summed E-state index contributed by atoms with van der Waals surface area (Å²) in [5, 5.41) is 1.55. The summed E-state index contributed by atoms with van der Waals surface area (Å²) < 4.78 is 0. The molecule has 0 atom stereocenters. The van der Waals surface area contributed by atoms with Crippen molar-refractivity contribution in [1.29, 1.82) is 0 Å². The molecule has 0 aliphatic rings. The number of rotatable bonds is 5. The molecule has 0 nitrogen and oxygen atoms in total. The highest BCUT2D eigenvalue weighted by atomic mass is 28.3. The van der Waals surface area contributed by atoms with Gasteiger partial charge in [-0.1, -0.05) is 60.6 Å². The molecule has 1 radical (unpaired) electrons. The molecule has 0 spiro atoms. The maximum atomic E-state index is 3.74. The molecule has 0 bridgehead atoms. The van der Waals surface area contributed by atoms with E-state index in [0.29, 0.717) is 0 Å².